The Bertz CT molecular complexity index is 411. The zero-order chi connectivity index (χ0) is 14.5. The van der Waals surface area contributed by atoms with Crippen molar-refractivity contribution in [3.8, 4) is 11.5 Å². The highest BCUT2D eigenvalue weighted by Gasteiger charge is 2.32. The number of hydrogen-bond donors (Lipinski definition) is 1. The van der Waals surface area contributed by atoms with Gasteiger partial charge in [-0.2, -0.15) is 0 Å². The molecule has 1 aromatic rings. The van der Waals surface area contributed by atoms with Crippen LogP contribution in [0, 0.1) is 5.92 Å². The molecule has 2 rings (SSSR count). The van der Waals surface area contributed by atoms with Gasteiger partial charge in [-0.3, -0.25) is 0 Å². The largest absolute Gasteiger partial charge is 0.496 e. The van der Waals surface area contributed by atoms with Crippen molar-refractivity contribution in [3.63, 3.8) is 0 Å². The minimum absolute atomic E-state index is 0.202. The number of hydrogen-bond acceptors (Lipinski definition) is 3. The predicted octanol–water partition coefficient (Wildman–Crippen LogP) is 3.71. The fourth-order valence-corrected chi connectivity index (χ4v) is 3.53. The Morgan fingerprint density at radius 2 is 1.80 bits per heavy atom. The lowest BCUT2D eigenvalue weighted by atomic mass is 9.73. The Morgan fingerprint density at radius 3 is 2.35 bits per heavy atom. The molecule has 1 saturated carbocycles. The van der Waals surface area contributed by atoms with E-state index in [1.165, 1.54) is 19.3 Å². The lowest BCUT2D eigenvalue weighted by Crippen LogP contribution is -2.35. The van der Waals surface area contributed by atoms with E-state index in [2.05, 4.69) is 6.92 Å². The van der Waals surface area contributed by atoms with E-state index >= 15 is 0 Å². The molecule has 0 spiro atoms. The molecule has 1 aromatic carbocycles. The third-order valence-electron chi connectivity index (χ3n) is 4.55. The average molecular weight is 277 g/mol. The number of nitrogens with two attached hydrogens (primary N) is 1. The first-order valence-corrected chi connectivity index (χ1v) is 7.67. The van der Waals surface area contributed by atoms with E-state index in [1.807, 2.05) is 18.2 Å². The van der Waals surface area contributed by atoms with Crippen molar-refractivity contribution < 1.29 is 9.47 Å². The zero-order valence-electron chi connectivity index (χ0n) is 12.9. The van der Waals surface area contributed by atoms with Crippen molar-refractivity contribution in [2.75, 3.05) is 14.2 Å². The van der Waals surface area contributed by atoms with Crippen LogP contribution < -0.4 is 15.2 Å². The fraction of sp³-hybridized carbons (Fsp3) is 0.647. The smallest absolute Gasteiger partial charge is 0.126 e. The third-order valence-corrected chi connectivity index (χ3v) is 4.55. The average Bonchev–Trinajstić information content (AvgIpc) is 2.48. The van der Waals surface area contributed by atoms with Crippen LogP contribution in [0.15, 0.2) is 18.2 Å². The molecule has 3 nitrogen and oxygen atoms in total. The molecule has 112 valence electrons. The highest BCUT2D eigenvalue weighted by molar-refractivity contribution is 5.48. The molecule has 1 aliphatic rings. The van der Waals surface area contributed by atoms with Gasteiger partial charge in [-0.15, -0.1) is 0 Å². The van der Waals surface area contributed by atoms with E-state index in [-0.39, 0.29) is 6.04 Å². The molecular weight excluding hydrogens is 250 g/mol. The van der Waals surface area contributed by atoms with E-state index in [0.29, 0.717) is 5.92 Å². The molecular formula is C17H27NO2. The number of ether oxygens (including phenoxy) is 2. The minimum Gasteiger partial charge on any atom is -0.496 e. The van der Waals surface area contributed by atoms with Crippen molar-refractivity contribution in [2.24, 2.45) is 11.7 Å². The fourth-order valence-electron chi connectivity index (χ4n) is 3.53. The van der Waals surface area contributed by atoms with E-state index in [1.54, 1.807) is 14.2 Å². The van der Waals surface area contributed by atoms with Gasteiger partial charge in [-0.05, 0) is 37.3 Å². The van der Waals surface area contributed by atoms with Crippen LogP contribution in [-0.4, -0.2) is 20.3 Å². The van der Waals surface area contributed by atoms with Gasteiger partial charge in [0.15, 0.2) is 0 Å². The van der Waals surface area contributed by atoms with Gasteiger partial charge >= 0.3 is 0 Å². The summed E-state index contributed by atoms with van der Waals surface area (Å²) in [5.41, 5.74) is 7.56. The van der Waals surface area contributed by atoms with Gasteiger partial charge in [0.1, 0.15) is 11.5 Å². The van der Waals surface area contributed by atoms with Crippen molar-refractivity contribution in [3.05, 3.63) is 23.8 Å². The van der Waals surface area contributed by atoms with Crippen LogP contribution in [0.3, 0.4) is 0 Å². The van der Waals surface area contributed by atoms with Gasteiger partial charge < -0.3 is 15.2 Å². The summed E-state index contributed by atoms with van der Waals surface area (Å²) in [6, 6.07) is 6.19. The molecule has 3 heteroatoms. The van der Waals surface area contributed by atoms with Crippen molar-refractivity contribution in [2.45, 2.75) is 51.0 Å². The van der Waals surface area contributed by atoms with Crippen LogP contribution in [0.5, 0.6) is 11.5 Å². The first kappa shape index (κ1) is 15.2. The van der Waals surface area contributed by atoms with E-state index in [4.69, 9.17) is 15.2 Å². The summed E-state index contributed by atoms with van der Waals surface area (Å²) < 4.78 is 11.1. The molecule has 0 bridgehead atoms. The van der Waals surface area contributed by atoms with E-state index < -0.39 is 0 Å². The number of benzene rings is 1. The van der Waals surface area contributed by atoms with Gasteiger partial charge in [0.25, 0.3) is 0 Å². The SMILES string of the molecule is CCCC1CCC(N)C(c2c(OC)cccc2OC)C1. The Morgan fingerprint density at radius 1 is 1.15 bits per heavy atom. The maximum absolute atomic E-state index is 6.41. The second kappa shape index (κ2) is 6.98. The summed E-state index contributed by atoms with van der Waals surface area (Å²) in [6.07, 6.45) is 6.03. The van der Waals surface area contributed by atoms with Gasteiger partial charge in [0.05, 0.1) is 14.2 Å². The van der Waals surface area contributed by atoms with Crippen LogP contribution in [0.1, 0.15) is 50.5 Å². The Balaban J connectivity index is 2.32. The van der Waals surface area contributed by atoms with Gasteiger partial charge in [-0.1, -0.05) is 25.8 Å². The molecule has 0 radical (unpaired) electrons. The maximum atomic E-state index is 6.41. The molecule has 20 heavy (non-hydrogen) atoms. The molecule has 1 fully saturated rings. The van der Waals surface area contributed by atoms with Gasteiger partial charge in [-0.25, -0.2) is 0 Å². The third kappa shape index (κ3) is 3.09. The van der Waals surface area contributed by atoms with E-state index in [9.17, 15) is 0 Å². The Labute approximate surface area is 122 Å². The Hall–Kier alpha value is -1.22. The quantitative estimate of drug-likeness (QED) is 0.892. The topological polar surface area (TPSA) is 44.5 Å². The highest BCUT2D eigenvalue weighted by Crippen LogP contribution is 2.44. The second-order valence-electron chi connectivity index (χ2n) is 5.81. The molecule has 2 N–H and O–H groups in total. The number of rotatable bonds is 5. The minimum atomic E-state index is 0.202. The molecule has 3 unspecified atom stereocenters. The van der Waals surface area contributed by atoms with Crippen LogP contribution in [0.2, 0.25) is 0 Å². The van der Waals surface area contributed by atoms with Gasteiger partial charge in [0.2, 0.25) is 0 Å². The predicted molar refractivity (Wildman–Crippen MR) is 82.5 cm³/mol. The highest BCUT2D eigenvalue weighted by atomic mass is 16.5. The van der Waals surface area contributed by atoms with Crippen LogP contribution in [-0.2, 0) is 0 Å². The lowest BCUT2D eigenvalue weighted by Gasteiger charge is -2.35. The van der Waals surface area contributed by atoms with Crippen LogP contribution in [0.25, 0.3) is 0 Å². The normalized spacial score (nSPS) is 26.3. The maximum Gasteiger partial charge on any atom is 0.126 e. The zero-order valence-corrected chi connectivity index (χ0v) is 12.9. The monoisotopic (exact) mass is 277 g/mol. The molecule has 0 heterocycles. The lowest BCUT2D eigenvalue weighted by molar-refractivity contribution is 0.263. The van der Waals surface area contributed by atoms with Crippen LogP contribution in [0.4, 0.5) is 0 Å². The standard InChI is InChI=1S/C17H27NO2/c1-4-6-12-9-10-14(18)13(11-12)17-15(19-2)7-5-8-16(17)20-3/h5,7-8,12-14H,4,6,9-11,18H2,1-3H3. The van der Waals surface area contributed by atoms with Gasteiger partial charge in [0, 0.05) is 17.5 Å². The molecule has 1 aliphatic carbocycles. The Kier molecular flexibility index (Phi) is 5.30. The van der Waals surface area contributed by atoms with Crippen molar-refractivity contribution in [1.29, 1.82) is 0 Å². The summed E-state index contributed by atoms with van der Waals surface area (Å²) in [5, 5.41) is 0. The molecule has 0 saturated heterocycles. The first-order chi connectivity index (χ1) is 9.71. The van der Waals surface area contributed by atoms with E-state index in [0.717, 1.165) is 35.8 Å². The summed E-state index contributed by atoms with van der Waals surface area (Å²) in [4.78, 5) is 0. The molecule has 0 amide bonds. The number of methoxy groups -OCH3 is 2. The summed E-state index contributed by atoms with van der Waals surface area (Å²) in [6.45, 7) is 2.26. The molecule has 0 aromatic heterocycles. The van der Waals surface area contributed by atoms with Crippen LogP contribution >= 0.6 is 0 Å². The second-order valence-corrected chi connectivity index (χ2v) is 5.81. The summed E-state index contributed by atoms with van der Waals surface area (Å²) >= 11 is 0. The van der Waals surface area contributed by atoms with Crippen molar-refractivity contribution >= 4 is 0 Å². The first-order valence-electron chi connectivity index (χ1n) is 7.67. The molecule has 0 aliphatic heterocycles. The van der Waals surface area contributed by atoms with Crippen molar-refractivity contribution in [1.82, 2.24) is 0 Å². The molecule has 3 atom stereocenters. The summed E-state index contributed by atoms with van der Waals surface area (Å²) in [5.74, 6) is 2.93. The summed E-state index contributed by atoms with van der Waals surface area (Å²) in [7, 11) is 3.44.